The number of nitrogens with zero attached hydrogens (tertiary/aromatic N) is 5. The van der Waals surface area contributed by atoms with Crippen LogP contribution < -0.4 is 21.7 Å². The molecule has 0 atom stereocenters. The lowest BCUT2D eigenvalue weighted by molar-refractivity contribution is 0.102. The number of thioether (sulfide) groups is 1. The molecule has 4 rings (SSSR count). The fourth-order valence-electron chi connectivity index (χ4n) is 3.62. The SMILES string of the molecule is COc1cccc(-c2nnc(SCC(=O)c3c(N)n(Cc4ccccc4)c(=O)n(C)c3=O)n2C)c1. The van der Waals surface area contributed by atoms with Gasteiger partial charge in [-0.3, -0.25) is 18.7 Å². The van der Waals surface area contributed by atoms with E-state index in [4.69, 9.17) is 10.5 Å². The maximum atomic E-state index is 13.1. The monoisotopic (exact) mass is 492 g/mol. The molecule has 2 aromatic carbocycles. The number of benzene rings is 2. The molecular weight excluding hydrogens is 468 g/mol. The van der Waals surface area contributed by atoms with Gasteiger partial charge in [0.25, 0.3) is 5.56 Å². The van der Waals surface area contributed by atoms with Crippen molar-refractivity contribution < 1.29 is 9.53 Å². The van der Waals surface area contributed by atoms with Crippen LogP contribution in [0.4, 0.5) is 5.82 Å². The number of nitrogen functional groups attached to an aromatic ring is 1. The zero-order valence-electron chi connectivity index (χ0n) is 19.5. The summed E-state index contributed by atoms with van der Waals surface area (Å²) in [7, 11) is 4.70. The van der Waals surface area contributed by atoms with Gasteiger partial charge in [0.1, 0.15) is 17.1 Å². The highest BCUT2D eigenvalue weighted by molar-refractivity contribution is 7.99. The van der Waals surface area contributed by atoms with Gasteiger partial charge < -0.3 is 15.0 Å². The lowest BCUT2D eigenvalue weighted by atomic mass is 10.2. The van der Waals surface area contributed by atoms with E-state index in [-0.39, 0.29) is 23.7 Å². The van der Waals surface area contributed by atoms with Crippen molar-refractivity contribution in [3.8, 4) is 17.1 Å². The van der Waals surface area contributed by atoms with E-state index in [1.807, 2.05) is 54.6 Å². The van der Waals surface area contributed by atoms with Gasteiger partial charge in [0.2, 0.25) is 0 Å². The predicted molar refractivity (Wildman–Crippen MR) is 134 cm³/mol. The molecule has 2 N–H and O–H groups in total. The number of carbonyl (C=O) groups excluding carboxylic acids is 1. The molecule has 11 heteroatoms. The largest absolute Gasteiger partial charge is 0.497 e. The highest BCUT2D eigenvalue weighted by Gasteiger charge is 2.23. The van der Waals surface area contributed by atoms with E-state index >= 15 is 0 Å². The third-order valence-corrected chi connectivity index (χ3v) is 6.56. The molecule has 0 unspecified atom stereocenters. The Bertz CT molecular complexity index is 1510. The molecule has 0 aliphatic carbocycles. The zero-order chi connectivity index (χ0) is 25.1. The van der Waals surface area contributed by atoms with E-state index in [0.29, 0.717) is 16.7 Å². The maximum Gasteiger partial charge on any atom is 0.332 e. The molecule has 0 aliphatic rings. The van der Waals surface area contributed by atoms with Crippen molar-refractivity contribution in [2.24, 2.45) is 14.1 Å². The van der Waals surface area contributed by atoms with Crippen LogP contribution in [0.25, 0.3) is 11.4 Å². The second-order valence-electron chi connectivity index (χ2n) is 7.79. The van der Waals surface area contributed by atoms with Gasteiger partial charge in [0.05, 0.1) is 19.4 Å². The Labute approximate surface area is 205 Å². The Hall–Kier alpha value is -4.12. The maximum absolute atomic E-state index is 13.1. The minimum absolute atomic E-state index is 0.104. The molecule has 0 radical (unpaired) electrons. The summed E-state index contributed by atoms with van der Waals surface area (Å²) in [6, 6.07) is 16.6. The van der Waals surface area contributed by atoms with E-state index < -0.39 is 17.0 Å². The summed E-state index contributed by atoms with van der Waals surface area (Å²) in [6.07, 6.45) is 0. The first-order valence-electron chi connectivity index (χ1n) is 10.6. The number of rotatable bonds is 8. The average molecular weight is 493 g/mol. The quantitative estimate of drug-likeness (QED) is 0.292. The number of methoxy groups -OCH3 is 1. The molecule has 0 saturated heterocycles. The molecule has 0 saturated carbocycles. The number of nitrogens with two attached hydrogens (primary N) is 1. The topological polar surface area (TPSA) is 127 Å². The molecular formula is C24H24N6O4S. The Kier molecular flexibility index (Phi) is 6.87. The summed E-state index contributed by atoms with van der Waals surface area (Å²) in [5, 5.41) is 8.89. The van der Waals surface area contributed by atoms with Gasteiger partial charge in [-0.15, -0.1) is 10.2 Å². The summed E-state index contributed by atoms with van der Waals surface area (Å²) in [4.78, 5) is 38.6. The Morgan fingerprint density at radius 3 is 2.49 bits per heavy atom. The van der Waals surface area contributed by atoms with Crippen LogP contribution in [-0.4, -0.2) is 42.5 Å². The molecule has 0 fully saturated rings. The summed E-state index contributed by atoms with van der Waals surface area (Å²) in [6.45, 7) is 0.139. The van der Waals surface area contributed by atoms with Crippen molar-refractivity contribution in [3.05, 3.63) is 86.6 Å². The molecule has 0 aliphatic heterocycles. The fraction of sp³-hybridized carbons (Fsp3) is 0.208. The molecule has 35 heavy (non-hydrogen) atoms. The van der Waals surface area contributed by atoms with E-state index in [1.165, 1.54) is 11.6 Å². The highest BCUT2D eigenvalue weighted by Crippen LogP contribution is 2.26. The van der Waals surface area contributed by atoms with Crippen molar-refractivity contribution in [2.45, 2.75) is 11.7 Å². The number of carbonyl (C=O) groups is 1. The molecule has 10 nitrogen and oxygen atoms in total. The van der Waals surface area contributed by atoms with Crippen LogP contribution in [-0.2, 0) is 20.6 Å². The standard InChI is InChI=1S/C24H24N6O4S/c1-28-21(16-10-7-11-17(12-16)34-3)26-27-23(28)35-14-18(31)19-20(25)30(24(33)29(2)22(19)32)13-15-8-5-4-6-9-15/h4-12H,13-14,25H2,1-3H3. The number of anilines is 1. The van der Waals surface area contributed by atoms with Gasteiger partial charge in [-0.25, -0.2) is 4.79 Å². The summed E-state index contributed by atoms with van der Waals surface area (Å²) in [5.74, 6) is 0.536. The van der Waals surface area contributed by atoms with Crippen molar-refractivity contribution in [2.75, 3.05) is 18.6 Å². The third kappa shape index (κ3) is 4.76. The molecule has 0 amide bonds. The molecule has 4 aromatic rings. The van der Waals surface area contributed by atoms with E-state index in [2.05, 4.69) is 10.2 Å². The zero-order valence-corrected chi connectivity index (χ0v) is 20.3. The van der Waals surface area contributed by atoms with Crippen molar-refractivity contribution in [1.29, 1.82) is 0 Å². The first kappa shape index (κ1) is 24.0. The minimum Gasteiger partial charge on any atom is -0.497 e. The lowest BCUT2D eigenvalue weighted by Gasteiger charge is -2.14. The van der Waals surface area contributed by atoms with Crippen molar-refractivity contribution in [3.63, 3.8) is 0 Å². The number of hydrogen-bond donors (Lipinski definition) is 1. The van der Waals surface area contributed by atoms with Gasteiger partial charge in [-0.2, -0.15) is 0 Å². The molecule has 0 spiro atoms. The van der Waals surface area contributed by atoms with E-state index in [9.17, 15) is 14.4 Å². The first-order chi connectivity index (χ1) is 16.8. The van der Waals surface area contributed by atoms with Crippen LogP contribution in [0.15, 0.2) is 69.3 Å². The van der Waals surface area contributed by atoms with Crippen LogP contribution in [0.3, 0.4) is 0 Å². The second kappa shape index (κ2) is 10.0. The lowest BCUT2D eigenvalue weighted by Crippen LogP contribution is -2.43. The Balaban J connectivity index is 1.60. The van der Waals surface area contributed by atoms with Gasteiger partial charge in [0.15, 0.2) is 16.8 Å². The first-order valence-corrected chi connectivity index (χ1v) is 11.6. The molecule has 2 heterocycles. The van der Waals surface area contributed by atoms with E-state index in [0.717, 1.165) is 27.5 Å². The van der Waals surface area contributed by atoms with Gasteiger partial charge in [-0.05, 0) is 17.7 Å². The number of Topliss-reactive ketones (excluding diaryl/α,β-unsaturated/α-hetero) is 1. The van der Waals surface area contributed by atoms with Gasteiger partial charge in [-0.1, -0.05) is 54.2 Å². The molecule has 2 aromatic heterocycles. The van der Waals surface area contributed by atoms with Crippen LogP contribution in [0.1, 0.15) is 15.9 Å². The number of ether oxygens (including phenoxy) is 1. The number of aromatic nitrogens is 5. The van der Waals surface area contributed by atoms with Crippen LogP contribution in [0, 0.1) is 0 Å². The van der Waals surface area contributed by atoms with Gasteiger partial charge in [0, 0.05) is 19.7 Å². The van der Waals surface area contributed by atoms with Crippen LogP contribution in [0.5, 0.6) is 5.75 Å². The second-order valence-corrected chi connectivity index (χ2v) is 8.73. The summed E-state index contributed by atoms with van der Waals surface area (Å²) in [5.41, 5.74) is 6.28. The molecule has 0 bridgehead atoms. The van der Waals surface area contributed by atoms with Gasteiger partial charge >= 0.3 is 5.69 Å². The third-order valence-electron chi connectivity index (χ3n) is 5.54. The minimum atomic E-state index is -0.725. The smallest absolute Gasteiger partial charge is 0.332 e. The number of ketones is 1. The number of hydrogen-bond acceptors (Lipinski definition) is 8. The predicted octanol–water partition coefficient (Wildman–Crippen LogP) is 1.96. The van der Waals surface area contributed by atoms with Crippen molar-refractivity contribution in [1.82, 2.24) is 23.9 Å². The fourth-order valence-corrected chi connectivity index (χ4v) is 4.40. The van der Waals surface area contributed by atoms with Crippen LogP contribution in [0.2, 0.25) is 0 Å². The normalized spacial score (nSPS) is 10.9. The summed E-state index contributed by atoms with van der Waals surface area (Å²) >= 11 is 1.13. The Morgan fingerprint density at radius 2 is 1.77 bits per heavy atom. The molecule has 180 valence electrons. The average Bonchev–Trinajstić information content (AvgIpc) is 3.25. The van der Waals surface area contributed by atoms with Crippen LogP contribution >= 0.6 is 11.8 Å². The summed E-state index contributed by atoms with van der Waals surface area (Å²) < 4.78 is 9.16. The Morgan fingerprint density at radius 1 is 1.03 bits per heavy atom. The van der Waals surface area contributed by atoms with Crippen molar-refractivity contribution >= 4 is 23.4 Å². The highest BCUT2D eigenvalue weighted by atomic mass is 32.2. The van der Waals surface area contributed by atoms with E-state index in [1.54, 1.807) is 18.7 Å².